The van der Waals surface area contributed by atoms with Crippen molar-refractivity contribution in [2.75, 3.05) is 26.3 Å². The average molecular weight is 359 g/mol. The maximum atomic E-state index is 5.81. The summed E-state index contributed by atoms with van der Waals surface area (Å²) in [6, 6.07) is 11.5. The first-order valence-electron chi connectivity index (χ1n) is 6.94. The van der Waals surface area contributed by atoms with Crippen LogP contribution in [0.25, 0.3) is 21.9 Å². The molecule has 0 atom stereocenters. The maximum absolute atomic E-state index is 5.81. The van der Waals surface area contributed by atoms with Crippen LogP contribution in [-0.2, 0) is 0 Å². The van der Waals surface area contributed by atoms with Crippen LogP contribution in [-0.4, -0.2) is 26.3 Å². The molecule has 0 aliphatic carbocycles. The van der Waals surface area contributed by atoms with Gasteiger partial charge in [-0.3, -0.25) is 0 Å². The normalized spacial score (nSPS) is 10.2. The number of halogens is 2. The van der Waals surface area contributed by atoms with Crippen molar-refractivity contribution in [1.82, 2.24) is 0 Å². The Morgan fingerprint density at radius 2 is 1.17 bits per heavy atom. The molecule has 0 aliphatic heterocycles. The van der Waals surface area contributed by atoms with Gasteiger partial charge < -0.3 is 25.4 Å². The van der Waals surface area contributed by atoms with E-state index in [1.807, 2.05) is 36.4 Å². The van der Waals surface area contributed by atoms with Gasteiger partial charge in [0.2, 0.25) is 0 Å². The summed E-state index contributed by atoms with van der Waals surface area (Å²) in [5, 5.41) is 2.00. The highest BCUT2D eigenvalue weighted by molar-refractivity contribution is 6.05. The molecular formula is C16H20Cl2N2O3. The fourth-order valence-corrected chi connectivity index (χ4v) is 2.27. The van der Waals surface area contributed by atoms with Crippen molar-refractivity contribution in [2.45, 2.75) is 0 Å². The van der Waals surface area contributed by atoms with E-state index in [2.05, 4.69) is 0 Å². The molecule has 3 rings (SSSR count). The molecule has 1 heterocycles. The summed E-state index contributed by atoms with van der Waals surface area (Å²) < 4.78 is 16.9. The average Bonchev–Trinajstić information content (AvgIpc) is 2.88. The van der Waals surface area contributed by atoms with Crippen LogP contribution in [0.1, 0.15) is 0 Å². The van der Waals surface area contributed by atoms with Crippen LogP contribution in [0.3, 0.4) is 0 Å². The Morgan fingerprint density at radius 1 is 0.739 bits per heavy atom. The number of hydrogen-bond acceptors (Lipinski definition) is 5. The van der Waals surface area contributed by atoms with E-state index >= 15 is 0 Å². The van der Waals surface area contributed by atoms with Gasteiger partial charge in [-0.25, -0.2) is 0 Å². The summed E-state index contributed by atoms with van der Waals surface area (Å²) in [7, 11) is 0. The molecule has 7 heteroatoms. The number of ether oxygens (including phenoxy) is 2. The summed E-state index contributed by atoms with van der Waals surface area (Å²) in [6.07, 6.45) is 0. The zero-order valence-electron chi connectivity index (χ0n) is 12.5. The zero-order valence-corrected chi connectivity index (χ0v) is 14.1. The van der Waals surface area contributed by atoms with E-state index in [0.717, 1.165) is 33.4 Å². The van der Waals surface area contributed by atoms with Gasteiger partial charge in [0.15, 0.2) is 0 Å². The molecule has 0 bridgehead atoms. The van der Waals surface area contributed by atoms with Crippen LogP contribution in [0.2, 0.25) is 0 Å². The van der Waals surface area contributed by atoms with Gasteiger partial charge in [-0.15, -0.1) is 24.8 Å². The molecule has 3 aromatic rings. The highest BCUT2D eigenvalue weighted by atomic mass is 35.5. The van der Waals surface area contributed by atoms with E-state index in [1.165, 1.54) is 0 Å². The summed E-state index contributed by atoms with van der Waals surface area (Å²) in [5.41, 5.74) is 12.6. The molecule has 1 aromatic heterocycles. The molecule has 23 heavy (non-hydrogen) atoms. The van der Waals surface area contributed by atoms with Crippen molar-refractivity contribution in [3.05, 3.63) is 36.4 Å². The first-order valence-corrected chi connectivity index (χ1v) is 6.94. The smallest absolute Gasteiger partial charge is 0.135 e. The van der Waals surface area contributed by atoms with Gasteiger partial charge >= 0.3 is 0 Å². The van der Waals surface area contributed by atoms with Crippen LogP contribution in [0.4, 0.5) is 0 Å². The van der Waals surface area contributed by atoms with Gasteiger partial charge in [-0.05, 0) is 36.4 Å². The van der Waals surface area contributed by atoms with Crippen LogP contribution in [0.15, 0.2) is 40.8 Å². The second-order valence-corrected chi connectivity index (χ2v) is 4.69. The predicted octanol–water partition coefficient (Wildman–Crippen LogP) is 3.10. The maximum Gasteiger partial charge on any atom is 0.135 e. The van der Waals surface area contributed by atoms with E-state index in [1.54, 1.807) is 0 Å². The lowest BCUT2D eigenvalue weighted by Gasteiger charge is -2.04. The van der Waals surface area contributed by atoms with Gasteiger partial charge in [-0.1, -0.05) is 0 Å². The van der Waals surface area contributed by atoms with Crippen molar-refractivity contribution < 1.29 is 13.9 Å². The third kappa shape index (κ3) is 4.20. The van der Waals surface area contributed by atoms with Crippen molar-refractivity contribution in [2.24, 2.45) is 11.5 Å². The predicted molar refractivity (Wildman–Crippen MR) is 97.3 cm³/mol. The highest BCUT2D eigenvalue weighted by Crippen LogP contribution is 2.33. The molecule has 126 valence electrons. The summed E-state index contributed by atoms with van der Waals surface area (Å²) in [6.45, 7) is 1.96. The Bertz CT molecular complexity index is 699. The molecule has 0 fully saturated rings. The van der Waals surface area contributed by atoms with E-state index in [9.17, 15) is 0 Å². The summed E-state index contributed by atoms with van der Waals surface area (Å²) in [5.74, 6) is 1.56. The third-order valence-corrected chi connectivity index (χ3v) is 3.19. The molecule has 0 spiro atoms. The van der Waals surface area contributed by atoms with Gasteiger partial charge in [0.1, 0.15) is 35.9 Å². The summed E-state index contributed by atoms with van der Waals surface area (Å²) in [4.78, 5) is 0. The summed E-state index contributed by atoms with van der Waals surface area (Å²) >= 11 is 0. The molecule has 5 nitrogen and oxygen atoms in total. The fraction of sp³-hybridized carbons (Fsp3) is 0.250. The lowest BCUT2D eigenvalue weighted by molar-refractivity contribution is 0.328. The van der Waals surface area contributed by atoms with Gasteiger partial charge in [-0.2, -0.15) is 0 Å². The lowest BCUT2D eigenvalue weighted by Crippen LogP contribution is -2.10. The van der Waals surface area contributed by atoms with E-state index in [0.29, 0.717) is 26.3 Å². The Balaban J connectivity index is 0.00000132. The second-order valence-electron chi connectivity index (χ2n) is 4.69. The van der Waals surface area contributed by atoms with Crippen LogP contribution in [0.5, 0.6) is 11.5 Å². The molecule has 0 unspecified atom stereocenters. The Morgan fingerprint density at radius 3 is 1.57 bits per heavy atom. The van der Waals surface area contributed by atoms with Crippen molar-refractivity contribution in [1.29, 1.82) is 0 Å². The van der Waals surface area contributed by atoms with Gasteiger partial charge in [0, 0.05) is 23.9 Å². The van der Waals surface area contributed by atoms with Crippen LogP contribution in [0, 0.1) is 0 Å². The fourth-order valence-electron chi connectivity index (χ4n) is 2.27. The number of nitrogens with two attached hydrogens (primary N) is 2. The Kier molecular flexibility index (Phi) is 7.45. The van der Waals surface area contributed by atoms with Crippen LogP contribution >= 0.6 is 24.8 Å². The highest BCUT2D eigenvalue weighted by Gasteiger charge is 2.09. The number of benzene rings is 2. The minimum Gasteiger partial charge on any atom is -0.492 e. The molecule has 0 radical (unpaired) electrons. The van der Waals surface area contributed by atoms with Gasteiger partial charge in [0.25, 0.3) is 0 Å². The molecular weight excluding hydrogens is 339 g/mol. The van der Waals surface area contributed by atoms with E-state index in [4.69, 9.17) is 25.4 Å². The SMILES string of the molecule is Cl.Cl.NCCOc1ccc2oc3ccc(OCCN)cc3c2c1. The number of fused-ring (bicyclic) bond motifs is 3. The van der Waals surface area contributed by atoms with Crippen LogP contribution < -0.4 is 20.9 Å². The minimum atomic E-state index is 0. The zero-order chi connectivity index (χ0) is 14.7. The van der Waals surface area contributed by atoms with Crippen molar-refractivity contribution in [3.63, 3.8) is 0 Å². The molecule has 4 N–H and O–H groups in total. The van der Waals surface area contributed by atoms with Gasteiger partial charge in [0.05, 0.1) is 0 Å². The first-order chi connectivity index (χ1) is 10.3. The molecule has 0 saturated heterocycles. The number of rotatable bonds is 6. The molecule has 0 saturated carbocycles. The first kappa shape index (κ1) is 19.4. The number of hydrogen-bond donors (Lipinski definition) is 2. The third-order valence-electron chi connectivity index (χ3n) is 3.19. The molecule has 2 aromatic carbocycles. The monoisotopic (exact) mass is 358 g/mol. The minimum absolute atomic E-state index is 0. The quantitative estimate of drug-likeness (QED) is 0.707. The Labute approximate surface area is 146 Å². The van der Waals surface area contributed by atoms with Crippen molar-refractivity contribution >= 4 is 46.8 Å². The standard InChI is InChI=1S/C16H18N2O3.2ClH/c17-5-7-19-11-1-3-15-13(9-11)14-10-12(20-8-6-18)2-4-16(14)21-15;;/h1-4,9-10H,5-8,17-18H2;2*1H. The lowest BCUT2D eigenvalue weighted by atomic mass is 10.1. The Hall–Kier alpha value is -1.66. The molecule has 0 amide bonds. The molecule has 0 aliphatic rings. The van der Waals surface area contributed by atoms with E-state index in [-0.39, 0.29) is 24.8 Å². The topological polar surface area (TPSA) is 83.6 Å². The van der Waals surface area contributed by atoms with E-state index < -0.39 is 0 Å². The number of furan rings is 1. The van der Waals surface area contributed by atoms with Crippen molar-refractivity contribution in [3.8, 4) is 11.5 Å². The largest absolute Gasteiger partial charge is 0.492 e. The second kappa shape index (κ2) is 8.84.